The third-order valence-electron chi connectivity index (χ3n) is 3.42. The van der Waals surface area contributed by atoms with E-state index >= 15 is 0 Å². The fourth-order valence-corrected chi connectivity index (χ4v) is 2.24. The van der Waals surface area contributed by atoms with Crippen LogP contribution in [-0.2, 0) is 16.0 Å². The summed E-state index contributed by atoms with van der Waals surface area (Å²) >= 11 is 0. The second-order valence-corrected chi connectivity index (χ2v) is 5.08. The fraction of sp³-hybridized carbons (Fsp3) is 0.533. The highest BCUT2D eigenvalue weighted by Gasteiger charge is 2.09. The molecule has 0 aromatic heterocycles. The minimum absolute atomic E-state index is 0.0664. The van der Waals surface area contributed by atoms with Crippen LogP contribution in [0, 0.1) is 0 Å². The monoisotopic (exact) mass is 277 g/mol. The molecule has 20 heavy (non-hydrogen) atoms. The summed E-state index contributed by atoms with van der Waals surface area (Å²) in [6.07, 6.45) is 1.39. The molecular weight excluding hydrogens is 254 g/mol. The number of nitrogens with two attached hydrogens (primary N) is 1. The largest absolute Gasteiger partial charge is 0.399 e. The smallest absolute Gasteiger partial charge is 0.224 e. The van der Waals surface area contributed by atoms with Crippen molar-refractivity contribution in [3.8, 4) is 0 Å². The number of nitrogens with zero attached hydrogens (tertiary/aromatic N) is 1. The molecule has 5 heteroatoms. The molecule has 0 spiro atoms. The Hall–Kier alpha value is -1.59. The summed E-state index contributed by atoms with van der Waals surface area (Å²) in [6.45, 7) is 5.39. The van der Waals surface area contributed by atoms with E-state index in [1.165, 1.54) is 0 Å². The number of carbonyl (C=O) groups is 1. The number of nitrogen functional groups attached to an aromatic ring is 1. The Morgan fingerprint density at radius 3 is 2.65 bits per heavy atom. The Morgan fingerprint density at radius 1 is 1.25 bits per heavy atom. The minimum Gasteiger partial charge on any atom is -0.399 e. The van der Waals surface area contributed by atoms with Gasteiger partial charge in [-0.25, -0.2) is 0 Å². The second-order valence-electron chi connectivity index (χ2n) is 5.08. The molecule has 1 fully saturated rings. The van der Waals surface area contributed by atoms with Crippen LogP contribution in [0.5, 0.6) is 0 Å². The van der Waals surface area contributed by atoms with Gasteiger partial charge in [-0.2, -0.15) is 0 Å². The Bertz CT molecular complexity index is 414. The number of anilines is 1. The highest BCUT2D eigenvalue weighted by Crippen LogP contribution is 2.05. The standard InChI is InChI=1S/C15H23N3O2/c16-14-4-2-13(3-5-14)12-15(19)17-6-1-7-18-8-10-20-11-9-18/h2-5H,1,6-12,16H2,(H,17,19). The Balaban J connectivity index is 1.59. The highest BCUT2D eigenvalue weighted by atomic mass is 16.5. The molecule has 0 bridgehead atoms. The van der Waals surface area contributed by atoms with Crippen molar-refractivity contribution in [2.45, 2.75) is 12.8 Å². The van der Waals surface area contributed by atoms with E-state index in [-0.39, 0.29) is 5.91 Å². The summed E-state index contributed by atoms with van der Waals surface area (Å²) in [4.78, 5) is 14.1. The van der Waals surface area contributed by atoms with Crippen LogP contribution >= 0.6 is 0 Å². The zero-order valence-corrected chi connectivity index (χ0v) is 11.8. The lowest BCUT2D eigenvalue weighted by Crippen LogP contribution is -2.38. The van der Waals surface area contributed by atoms with Crippen LogP contribution < -0.4 is 11.1 Å². The van der Waals surface area contributed by atoms with E-state index in [4.69, 9.17) is 10.5 Å². The van der Waals surface area contributed by atoms with Crippen LogP contribution in [0.4, 0.5) is 5.69 Å². The molecule has 1 aliphatic rings. The van der Waals surface area contributed by atoms with E-state index in [0.717, 1.165) is 57.1 Å². The van der Waals surface area contributed by atoms with Gasteiger partial charge in [-0.3, -0.25) is 9.69 Å². The zero-order valence-electron chi connectivity index (χ0n) is 11.8. The van der Waals surface area contributed by atoms with Crippen LogP contribution in [0.25, 0.3) is 0 Å². The minimum atomic E-state index is 0.0664. The molecule has 5 nitrogen and oxygen atoms in total. The average molecular weight is 277 g/mol. The van der Waals surface area contributed by atoms with Crippen molar-refractivity contribution < 1.29 is 9.53 Å². The first-order valence-corrected chi connectivity index (χ1v) is 7.15. The zero-order chi connectivity index (χ0) is 14.2. The quantitative estimate of drug-likeness (QED) is 0.592. The normalized spacial score (nSPS) is 16.0. The molecule has 2 rings (SSSR count). The van der Waals surface area contributed by atoms with Crippen molar-refractivity contribution in [1.82, 2.24) is 10.2 Å². The lowest BCUT2D eigenvalue weighted by Gasteiger charge is -2.26. The Labute approximate surface area is 120 Å². The molecule has 0 radical (unpaired) electrons. The van der Waals surface area contributed by atoms with Gasteiger partial charge in [0.15, 0.2) is 0 Å². The summed E-state index contributed by atoms with van der Waals surface area (Å²) in [6, 6.07) is 7.42. The lowest BCUT2D eigenvalue weighted by molar-refractivity contribution is -0.120. The maximum absolute atomic E-state index is 11.8. The second kappa shape index (κ2) is 7.87. The van der Waals surface area contributed by atoms with Crippen LogP contribution in [0.2, 0.25) is 0 Å². The van der Waals surface area contributed by atoms with Crippen LogP contribution in [-0.4, -0.2) is 50.2 Å². The molecular formula is C15H23N3O2. The first-order chi connectivity index (χ1) is 9.74. The van der Waals surface area contributed by atoms with Gasteiger partial charge in [-0.1, -0.05) is 12.1 Å². The molecule has 1 heterocycles. The summed E-state index contributed by atoms with van der Waals surface area (Å²) in [5.41, 5.74) is 7.33. The van der Waals surface area contributed by atoms with Gasteiger partial charge < -0.3 is 15.8 Å². The maximum Gasteiger partial charge on any atom is 0.224 e. The summed E-state index contributed by atoms with van der Waals surface area (Å²) in [5, 5.41) is 2.96. The van der Waals surface area contributed by atoms with Gasteiger partial charge in [-0.05, 0) is 30.7 Å². The van der Waals surface area contributed by atoms with E-state index < -0.39 is 0 Å². The number of rotatable bonds is 6. The van der Waals surface area contributed by atoms with Crippen molar-refractivity contribution in [3.63, 3.8) is 0 Å². The predicted molar refractivity (Wildman–Crippen MR) is 79.4 cm³/mol. The SMILES string of the molecule is Nc1ccc(CC(=O)NCCCN2CCOCC2)cc1. The number of amides is 1. The predicted octanol–water partition coefficient (Wildman–Crippen LogP) is 0.650. The topological polar surface area (TPSA) is 67.6 Å². The molecule has 0 aliphatic carbocycles. The van der Waals surface area contributed by atoms with E-state index in [9.17, 15) is 4.79 Å². The number of nitrogens with one attached hydrogen (secondary N) is 1. The van der Waals surface area contributed by atoms with E-state index in [1.807, 2.05) is 24.3 Å². The molecule has 1 aromatic carbocycles. The number of morpholine rings is 1. The number of hydrogen-bond acceptors (Lipinski definition) is 4. The molecule has 0 unspecified atom stereocenters. The van der Waals surface area contributed by atoms with Gasteiger partial charge in [-0.15, -0.1) is 0 Å². The summed E-state index contributed by atoms with van der Waals surface area (Å²) < 4.78 is 5.30. The summed E-state index contributed by atoms with van der Waals surface area (Å²) in [5.74, 6) is 0.0664. The van der Waals surface area contributed by atoms with E-state index in [0.29, 0.717) is 6.42 Å². The fourth-order valence-electron chi connectivity index (χ4n) is 2.24. The van der Waals surface area contributed by atoms with Crippen LogP contribution in [0.3, 0.4) is 0 Å². The Morgan fingerprint density at radius 2 is 1.95 bits per heavy atom. The number of hydrogen-bond donors (Lipinski definition) is 2. The van der Waals surface area contributed by atoms with Crippen molar-refractivity contribution in [2.75, 3.05) is 45.1 Å². The number of ether oxygens (including phenoxy) is 1. The van der Waals surface area contributed by atoms with Crippen molar-refractivity contribution in [3.05, 3.63) is 29.8 Å². The van der Waals surface area contributed by atoms with Gasteiger partial charge in [0.1, 0.15) is 0 Å². The first kappa shape index (κ1) is 14.8. The van der Waals surface area contributed by atoms with Crippen molar-refractivity contribution >= 4 is 11.6 Å². The molecule has 0 saturated carbocycles. The molecule has 1 saturated heterocycles. The highest BCUT2D eigenvalue weighted by molar-refractivity contribution is 5.78. The molecule has 1 aromatic rings. The average Bonchev–Trinajstić information content (AvgIpc) is 2.47. The van der Waals surface area contributed by atoms with Gasteiger partial charge in [0.25, 0.3) is 0 Å². The maximum atomic E-state index is 11.8. The number of carbonyl (C=O) groups excluding carboxylic acids is 1. The van der Waals surface area contributed by atoms with Gasteiger partial charge in [0, 0.05) is 25.3 Å². The van der Waals surface area contributed by atoms with Gasteiger partial charge in [0.05, 0.1) is 19.6 Å². The summed E-state index contributed by atoms with van der Waals surface area (Å²) in [7, 11) is 0. The molecule has 1 amide bonds. The molecule has 1 aliphatic heterocycles. The molecule has 110 valence electrons. The van der Waals surface area contributed by atoms with Gasteiger partial charge in [0.2, 0.25) is 5.91 Å². The van der Waals surface area contributed by atoms with Crippen LogP contribution in [0.15, 0.2) is 24.3 Å². The third-order valence-corrected chi connectivity index (χ3v) is 3.42. The van der Waals surface area contributed by atoms with Gasteiger partial charge >= 0.3 is 0 Å². The van der Waals surface area contributed by atoms with E-state index in [1.54, 1.807) is 0 Å². The number of benzene rings is 1. The van der Waals surface area contributed by atoms with Crippen molar-refractivity contribution in [1.29, 1.82) is 0 Å². The third kappa shape index (κ3) is 5.19. The molecule has 0 atom stereocenters. The van der Waals surface area contributed by atoms with Crippen molar-refractivity contribution in [2.24, 2.45) is 0 Å². The molecule has 3 N–H and O–H groups in total. The lowest BCUT2D eigenvalue weighted by atomic mass is 10.1. The Kier molecular flexibility index (Phi) is 5.83. The first-order valence-electron chi connectivity index (χ1n) is 7.15. The van der Waals surface area contributed by atoms with E-state index in [2.05, 4.69) is 10.2 Å². The van der Waals surface area contributed by atoms with Crippen LogP contribution in [0.1, 0.15) is 12.0 Å².